The van der Waals surface area contributed by atoms with Gasteiger partial charge in [-0.15, -0.1) is 0 Å². The van der Waals surface area contributed by atoms with Gasteiger partial charge in [-0.05, 0) is 37.5 Å². The van der Waals surface area contributed by atoms with Gasteiger partial charge in [0.15, 0.2) is 0 Å². The topological polar surface area (TPSA) is 50.4 Å². The molecule has 4 nitrogen and oxygen atoms in total. The summed E-state index contributed by atoms with van der Waals surface area (Å²) in [6, 6.07) is 3.76. The zero-order chi connectivity index (χ0) is 16.8. The maximum absolute atomic E-state index is 11.9. The Labute approximate surface area is 128 Å². The Bertz CT molecular complexity index is 516. The predicted molar refractivity (Wildman–Crippen MR) is 80.2 cm³/mol. The first-order chi connectivity index (χ1) is 10.2. The Morgan fingerprint density at radius 2 is 1.95 bits per heavy atom. The van der Waals surface area contributed by atoms with Gasteiger partial charge in [-0.2, -0.15) is 13.2 Å². The lowest BCUT2D eigenvalue weighted by molar-refractivity contribution is -0.173. The number of rotatable bonds is 7. The standard InChI is InChI=1S/C15H21F3N2O2/c1-10-5-6-13(11(2)14(10)20-12(3)21)19-7-4-8-22-9-15(16,17)18/h5-6,19H,4,7-9H2,1-3H3,(H,20,21). The molecule has 0 bridgehead atoms. The van der Waals surface area contributed by atoms with Gasteiger partial charge in [-0.25, -0.2) is 0 Å². The molecule has 0 aliphatic rings. The Morgan fingerprint density at radius 3 is 2.55 bits per heavy atom. The molecule has 124 valence electrons. The van der Waals surface area contributed by atoms with Crippen molar-refractivity contribution in [3.8, 4) is 0 Å². The Hall–Kier alpha value is -1.76. The van der Waals surface area contributed by atoms with Crippen molar-refractivity contribution in [1.29, 1.82) is 0 Å². The summed E-state index contributed by atoms with van der Waals surface area (Å²) in [5.74, 6) is -0.149. The molecule has 22 heavy (non-hydrogen) atoms. The minimum atomic E-state index is -4.28. The van der Waals surface area contributed by atoms with Crippen LogP contribution in [0, 0.1) is 13.8 Å². The van der Waals surface area contributed by atoms with E-state index in [0.717, 1.165) is 22.5 Å². The van der Waals surface area contributed by atoms with E-state index in [0.29, 0.717) is 13.0 Å². The molecule has 1 aromatic carbocycles. The lowest BCUT2D eigenvalue weighted by atomic mass is 10.1. The van der Waals surface area contributed by atoms with Crippen molar-refractivity contribution < 1.29 is 22.7 Å². The fraction of sp³-hybridized carbons (Fsp3) is 0.533. The number of hydrogen-bond donors (Lipinski definition) is 2. The number of halogens is 3. The number of amides is 1. The number of carbonyl (C=O) groups excluding carboxylic acids is 1. The fourth-order valence-corrected chi connectivity index (χ4v) is 1.99. The van der Waals surface area contributed by atoms with Crippen molar-refractivity contribution in [2.75, 3.05) is 30.4 Å². The molecule has 0 aliphatic carbocycles. The Balaban J connectivity index is 2.48. The summed E-state index contributed by atoms with van der Waals surface area (Å²) in [6.45, 7) is 4.52. The van der Waals surface area contributed by atoms with Crippen LogP contribution in [0.4, 0.5) is 24.5 Å². The van der Waals surface area contributed by atoms with Gasteiger partial charge in [0.05, 0.1) is 0 Å². The molecule has 0 aromatic heterocycles. The highest BCUT2D eigenvalue weighted by Gasteiger charge is 2.27. The Morgan fingerprint density at radius 1 is 1.27 bits per heavy atom. The van der Waals surface area contributed by atoms with Crippen molar-refractivity contribution in [3.63, 3.8) is 0 Å². The normalized spacial score (nSPS) is 11.4. The van der Waals surface area contributed by atoms with E-state index >= 15 is 0 Å². The molecule has 2 N–H and O–H groups in total. The average molecular weight is 318 g/mol. The molecular formula is C15H21F3N2O2. The van der Waals surface area contributed by atoms with Crippen LogP contribution >= 0.6 is 0 Å². The summed E-state index contributed by atoms with van der Waals surface area (Å²) in [4.78, 5) is 11.2. The largest absolute Gasteiger partial charge is 0.411 e. The maximum Gasteiger partial charge on any atom is 0.411 e. The van der Waals surface area contributed by atoms with E-state index in [-0.39, 0.29) is 12.5 Å². The van der Waals surface area contributed by atoms with E-state index in [1.54, 1.807) is 0 Å². The van der Waals surface area contributed by atoms with Gasteiger partial charge >= 0.3 is 6.18 Å². The maximum atomic E-state index is 11.9. The molecular weight excluding hydrogens is 297 g/mol. The zero-order valence-electron chi connectivity index (χ0n) is 12.9. The predicted octanol–water partition coefficient (Wildman–Crippen LogP) is 3.64. The van der Waals surface area contributed by atoms with Gasteiger partial charge in [-0.1, -0.05) is 6.07 Å². The third-order valence-corrected chi connectivity index (χ3v) is 3.02. The lowest BCUT2D eigenvalue weighted by Gasteiger charge is -2.16. The minimum Gasteiger partial charge on any atom is -0.385 e. The molecule has 7 heteroatoms. The second-order valence-corrected chi connectivity index (χ2v) is 5.06. The summed E-state index contributed by atoms with van der Waals surface area (Å²) in [7, 11) is 0. The zero-order valence-corrected chi connectivity index (χ0v) is 12.9. The van der Waals surface area contributed by atoms with Crippen LogP contribution in [0.15, 0.2) is 12.1 Å². The van der Waals surface area contributed by atoms with E-state index in [2.05, 4.69) is 15.4 Å². The second kappa shape index (κ2) is 8.03. The highest BCUT2D eigenvalue weighted by Crippen LogP contribution is 2.27. The highest BCUT2D eigenvalue weighted by atomic mass is 19.4. The number of aryl methyl sites for hydroxylation is 1. The summed E-state index contributed by atoms with van der Waals surface area (Å²) >= 11 is 0. The molecule has 0 radical (unpaired) electrons. The summed E-state index contributed by atoms with van der Waals surface area (Å²) < 4.78 is 40.2. The molecule has 0 atom stereocenters. The van der Waals surface area contributed by atoms with Gasteiger partial charge in [0.25, 0.3) is 0 Å². The van der Waals surface area contributed by atoms with Crippen LogP contribution in [0.1, 0.15) is 24.5 Å². The van der Waals surface area contributed by atoms with Gasteiger partial charge < -0.3 is 15.4 Å². The van der Waals surface area contributed by atoms with Crippen molar-refractivity contribution in [1.82, 2.24) is 0 Å². The molecule has 0 unspecified atom stereocenters. The number of hydrogen-bond acceptors (Lipinski definition) is 3. The quantitative estimate of drug-likeness (QED) is 0.755. The summed E-state index contributed by atoms with van der Waals surface area (Å²) in [5.41, 5.74) is 3.44. The van der Waals surface area contributed by atoms with Gasteiger partial charge in [0, 0.05) is 31.5 Å². The SMILES string of the molecule is CC(=O)Nc1c(C)ccc(NCCCOCC(F)(F)F)c1C. The molecule has 0 spiro atoms. The average Bonchev–Trinajstić information content (AvgIpc) is 2.39. The van der Waals surface area contributed by atoms with Crippen LogP contribution in [0.3, 0.4) is 0 Å². The molecule has 0 saturated heterocycles. The van der Waals surface area contributed by atoms with E-state index in [9.17, 15) is 18.0 Å². The van der Waals surface area contributed by atoms with Crippen molar-refractivity contribution in [2.24, 2.45) is 0 Å². The fourth-order valence-electron chi connectivity index (χ4n) is 1.99. The number of alkyl halides is 3. The van der Waals surface area contributed by atoms with Crippen LogP contribution in [-0.4, -0.2) is 31.8 Å². The minimum absolute atomic E-state index is 0.0377. The monoisotopic (exact) mass is 318 g/mol. The van der Waals surface area contributed by atoms with Gasteiger partial charge in [0.2, 0.25) is 5.91 Å². The molecule has 0 aliphatic heterocycles. The number of benzene rings is 1. The molecule has 0 saturated carbocycles. The molecule has 1 amide bonds. The molecule has 0 fully saturated rings. The molecule has 1 rings (SSSR count). The van der Waals surface area contributed by atoms with Crippen LogP contribution in [0.25, 0.3) is 0 Å². The number of anilines is 2. The number of ether oxygens (including phenoxy) is 1. The van der Waals surface area contributed by atoms with Crippen molar-refractivity contribution >= 4 is 17.3 Å². The molecule has 0 heterocycles. The highest BCUT2D eigenvalue weighted by molar-refractivity contribution is 5.91. The lowest BCUT2D eigenvalue weighted by Crippen LogP contribution is -2.18. The van der Waals surface area contributed by atoms with Crippen LogP contribution < -0.4 is 10.6 Å². The number of carbonyl (C=O) groups is 1. The first-order valence-corrected chi connectivity index (χ1v) is 6.97. The van der Waals surface area contributed by atoms with Crippen LogP contribution in [0.2, 0.25) is 0 Å². The third-order valence-electron chi connectivity index (χ3n) is 3.02. The van der Waals surface area contributed by atoms with Crippen LogP contribution in [0.5, 0.6) is 0 Å². The third kappa shape index (κ3) is 6.34. The Kier molecular flexibility index (Phi) is 6.67. The van der Waals surface area contributed by atoms with E-state index in [4.69, 9.17) is 0 Å². The first-order valence-electron chi connectivity index (χ1n) is 6.97. The molecule has 1 aromatic rings. The van der Waals surface area contributed by atoms with E-state index in [1.807, 2.05) is 26.0 Å². The summed E-state index contributed by atoms with van der Waals surface area (Å²) in [5, 5.41) is 5.92. The summed E-state index contributed by atoms with van der Waals surface area (Å²) in [6.07, 6.45) is -3.83. The van der Waals surface area contributed by atoms with Crippen LogP contribution in [-0.2, 0) is 9.53 Å². The van der Waals surface area contributed by atoms with E-state index < -0.39 is 12.8 Å². The van der Waals surface area contributed by atoms with E-state index in [1.165, 1.54) is 6.92 Å². The van der Waals surface area contributed by atoms with Crippen molar-refractivity contribution in [3.05, 3.63) is 23.3 Å². The van der Waals surface area contributed by atoms with Gasteiger partial charge in [0.1, 0.15) is 6.61 Å². The smallest absolute Gasteiger partial charge is 0.385 e. The number of nitrogens with one attached hydrogen (secondary N) is 2. The first kappa shape index (κ1) is 18.3. The van der Waals surface area contributed by atoms with Gasteiger partial charge in [-0.3, -0.25) is 4.79 Å². The van der Waals surface area contributed by atoms with Crippen molar-refractivity contribution in [2.45, 2.75) is 33.4 Å². The second-order valence-electron chi connectivity index (χ2n) is 5.06.